The van der Waals surface area contributed by atoms with Gasteiger partial charge in [0, 0.05) is 11.3 Å². The number of amides is 1. The quantitative estimate of drug-likeness (QED) is 0.312. The molecule has 9 heteroatoms. The summed E-state index contributed by atoms with van der Waals surface area (Å²) in [6.07, 6.45) is 1.55. The number of ether oxygens (including phenoxy) is 2. The molecule has 5 aromatic rings. The zero-order valence-corrected chi connectivity index (χ0v) is 19.2. The van der Waals surface area contributed by atoms with Crippen molar-refractivity contribution in [2.24, 2.45) is 0 Å². The van der Waals surface area contributed by atoms with Crippen LogP contribution < -0.4 is 14.8 Å². The Kier molecular flexibility index (Phi) is 6.44. The smallest absolute Gasteiger partial charge is 0.336 e. The average Bonchev–Trinajstić information content (AvgIpc) is 3.59. The van der Waals surface area contributed by atoms with E-state index in [4.69, 9.17) is 13.9 Å². The molecule has 0 saturated carbocycles. The second kappa shape index (κ2) is 10.1. The highest BCUT2D eigenvalue weighted by Crippen LogP contribution is 2.25. The molecule has 2 heterocycles. The number of halogens is 1. The molecule has 0 aliphatic rings. The molecule has 0 bridgehead atoms. The van der Waals surface area contributed by atoms with Gasteiger partial charge >= 0.3 is 6.01 Å². The SMILES string of the molecule is COc1cccc(C(=O)Nc2ccc(-n3nc(OCc4ccc(F)cc4)nc3-c3ccco3)cc2)c1. The van der Waals surface area contributed by atoms with Crippen LogP contribution in [0.3, 0.4) is 0 Å². The van der Waals surface area contributed by atoms with Gasteiger partial charge in [-0.3, -0.25) is 4.79 Å². The van der Waals surface area contributed by atoms with E-state index < -0.39 is 0 Å². The number of carbonyl (C=O) groups excluding carboxylic acids is 1. The van der Waals surface area contributed by atoms with Crippen LogP contribution >= 0.6 is 0 Å². The summed E-state index contributed by atoms with van der Waals surface area (Å²) < 4.78 is 31.2. The van der Waals surface area contributed by atoms with E-state index in [1.54, 1.807) is 90.9 Å². The molecule has 0 atom stereocenters. The van der Waals surface area contributed by atoms with Crippen molar-refractivity contribution in [3.63, 3.8) is 0 Å². The van der Waals surface area contributed by atoms with Crippen molar-refractivity contribution in [2.75, 3.05) is 12.4 Å². The highest BCUT2D eigenvalue weighted by atomic mass is 19.1. The predicted molar refractivity (Wildman–Crippen MR) is 131 cm³/mol. The minimum absolute atomic E-state index is 0.140. The van der Waals surface area contributed by atoms with Gasteiger partial charge in [-0.2, -0.15) is 4.98 Å². The van der Waals surface area contributed by atoms with E-state index in [0.29, 0.717) is 34.3 Å². The van der Waals surface area contributed by atoms with Crippen LogP contribution in [0, 0.1) is 5.82 Å². The van der Waals surface area contributed by atoms with Crippen molar-refractivity contribution in [3.05, 3.63) is 108 Å². The Morgan fingerprint density at radius 1 is 1.03 bits per heavy atom. The number of anilines is 1. The highest BCUT2D eigenvalue weighted by molar-refractivity contribution is 6.04. The number of nitrogens with zero attached hydrogens (tertiary/aromatic N) is 3. The van der Waals surface area contributed by atoms with E-state index in [9.17, 15) is 9.18 Å². The Hall–Kier alpha value is -4.92. The van der Waals surface area contributed by atoms with E-state index in [-0.39, 0.29) is 24.3 Å². The summed E-state index contributed by atoms with van der Waals surface area (Å²) in [7, 11) is 1.55. The Balaban J connectivity index is 1.36. The molecule has 0 radical (unpaired) electrons. The van der Waals surface area contributed by atoms with Crippen LogP contribution in [0.5, 0.6) is 11.8 Å². The standard InChI is InChI=1S/C27H21FN4O4/c1-34-23-5-2-4-19(16-23)26(33)29-21-11-13-22(14-12-21)32-25(24-6-3-15-35-24)30-27(31-32)36-17-18-7-9-20(28)10-8-18/h2-16H,17H2,1H3,(H,29,33). The van der Waals surface area contributed by atoms with Gasteiger partial charge < -0.3 is 19.2 Å². The molecule has 5 rings (SSSR count). The zero-order valence-electron chi connectivity index (χ0n) is 19.2. The Morgan fingerprint density at radius 2 is 1.83 bits per heavy atom. The first-order valence-electron chi connectivity index (χ1n) is 11.0. The van der Waals surface area contributed by atoms with Crippen LogP contribution in [0.4, 0.5) is 10.1 Å². The van der Waals surface area contributed by atoms with Gasteiger partial charge in [0.2, 0.25) is 5.82 Å². The third kappa shape index (κ3) is 5.10. The fraction of sp³-hybridized carbons (Fsp3) is 0.0741. The van der Waals surface area contributed by atoms with Crippen molar-refractivity contribution >= 4 is 11.6 Å². The van der Waals surface area contributed by atoms with Gasteiger partial charge in [-0.25, -0.2) is 9.07 Å². The highest BCUT2D eigenvalue weighted by Gasteiger charge is 2.17. The third-order valence-electron chi connectivity index (χ3n) is 5.31. The first-order chi connectivity index (χ1) is 17.6. The van der Waals surface area contributed by atoms with Crippen LogP contribution in [0.1, 0.15) is 15.9 Å². The second-order valence-corrected chi connectivity index (χ2v) is 7.76. The number of hydrogen-bond donors (Lipinski definition) is 1. The maximum atomic E-state index is 13.2. The molecule has 180 valence electrons. The monoisotopic (exact) mass is 484 g/mol. The number of hydrogen-bond acceptors (Lipinski definition) is 6. The fourth-order valence-electron chi connectivity index (χ4n) is 3.48. The fourth-order valence-corrected chi connectivity index (χ4v) is 3.48. The van der Waals surface area contributed by atoms with Crippen LogP contribution in [-0.4, -0.2) is 27.8 Å². The van der Waals surface area contributed by atoms with E-state index in [1.807, 2.05) is 0 Å². The third-order valence-corrected chi connectivity index (χ3v) is 5.31. The minimum Gasteiger partial charge on any atom is -0.497 e. The van der Waals surface area contributed by atoms with Crippen molar-refractivity contribution in [2.45, 2.75) is 6.61 Å². The van der Waals surface area contributed by atoms with E-state index in [1.165, 1.54) is 12.1 Å². The van der Waals surface area contributed by atoms with Gasteiger partial charge in [-0.05, 0) is 72.3 Å². The number of aromatic nitrogens is 3. The molecule has 2 aromatic heterocycles. The van der Waals surface area contributed by atoms with Crippen LogP contribution in [0.2, 0.25) is 0 Å². The predicted octanol–water partition coefficient (Wildman–Crippen LogP) is 5.51. The zero-order chi connectivity index (χ0) is 24.9. The van der Waals surface area contributed by atoms with Crippen molar-refractivity contribution in [3.8, 4) is 29.0 Å². The van der Waals surface area contributed by atoms with Crippen LogP contribution in [-0.2, 0) is 6.61 Å². The lowest BCUT2D eigenvalue weighted by Gasteiger charge is -2.08. The van der Waals surface area contributed by atoms with Gasteiger partial charge in [0.05, 0.1) is 19.1 Å². The number of furan rings is 1. The number of methoxy groups -OCH3 is 1. The van der Waals surface area contributed by atoms with Gasteiger partial charge in [0.25, 0.3) is 5.91 Å². The van der Waals surface area contributed by atoms with Gasteiger partial charge in [-0.15, -0.1) is 5.10 Å². The van der Waals surface area contributed by atoms with Crippen molar-refractivity contribution in [1.29, 1.82) is 0 Å². The Bertz CT molecular complexity index is 1460. The number of nitrogens with one attached hydrogen (secondary N) is 1. The molecule has 0 spiro atoms. The first-order valence-corrected chi connectivity index (χ1v) is 11.0. The van der Waals surface area contributed by atoms with Gasteiger partial charge in [0.1, 0.15) is 18.2 Å². The Morgan fingerprint density at radius 3 is 2.56 bits per heavy atom. The molecule has 0 fully saturated rings. The lowest BCUT2D eigenvalue weighted by atomic mass is 10.2. The van der Waals surface area contributed by atoms with E-state index >= 15 is 0 Å². The van der Waals surface area contributed by atoms with E-state index in [2.05, 4.69) is 15.4 Å². The normalized spacial score (nSPS) is 10.7. The van der Waals surface area contributed by atoms with E-state index in [0.717, 1.165) is 5.56 Å². The molecule has 3 aromatic carbocycles. The maximum Gasteiger partial charge on any atom is 0.336 e. The summed E-state index contributed by atoms with van der Waals surface area (Å²) in [4.78, 5) is 17.1. The molecule has 36 heavy (non-hydrogen) atoms. The molecular formula is C27H21FN4O4. The Labute approximate surface area is 205 Å². The van der Waals surface area contributed by atoms with Crippen molar-refractivity contribution in [1.82, 2.24) is 14.8 Å². The number of benzene rings is 3. The largest absolute Gasteiger partial charge is 0.497 e. The van der Waals surface area contributed by atoms with Gasteiger partial charge in [-0.1, -0.05) is 18.2 Å². The first kappa shape index (κ1) is 22.9. The molecule has 0 aliphatic carbocycles. The topological polar surface area (TPSA) is 91.4 Å². The summed E-state index contributed by atoms with van der Waals surface area (Å²) in [6, 6.07) is 23.7. The van der Waals surface area contributed by atoms with Crippen molar-refractivity contribution < 1.29 is 23.1 Å². The number of carbonyl (C=O) groups is 1. The lowest BCUT2D eigenvalue weighted by molar-refractivity contribution is 0.102. The summed E-state index contributed by atoms with van der Waals surface area (Å²) in [6.45, 7) is 0.178. The summed E-state index contributed by atoms with van der Waals surface area (Å²) in [5.74, 6) is 0.989. The average molecular weight is 484 g/mol. The maximum absolute atomic E-state index is 13.2. The molecule has 0 saturated heterocycles. The van der Waals surface area contributed by atoms with Gasteiger partial charge in [0.15, 0.2) is 5.76 Å². The van der Waals surface area contributed by atoms with Crippen LogP contribution in [0.25, 0.3) is 17.3 Å². The number of rotatable bonds is 8. The molecular weight excluding hydrogens is 463 g/mol. The van der Waals surface area contributed by atoms with Crippen LogP contribution in [0.15, 0.2) is 95.6 Å². The summed E-state index contributed by atoms with van der Waals surface area (Å²) in [5, 5.41) is 7.34. The lowest BCUT2D eigenvalue weighted by Crippen LogP contribution is -2.12. The molecule has 0 aliphatic heterocycles. The molecule has 1 amide bonds. The molecule has 0 unspecified atom stereocenters. The second-order valence-electron chi connectivity index (χ2n) is 7.76. The summed E-state index contributed by atoms with van der Waals surface area (Å²) in [5.41, 5.74) is 2.56. The minimum atomic E-state index is -0.315. The summed E-state index contributed by atoms with van der Waals surface area (Å²) >= 11 is 0. The molecule has 8 nitrogen and oxygen atoms in total. The molecule has 1 N–H and O–H groups in total.